The van der Waals surface area contributed by atoms with E-state index in [-0.39, 0.29) is 18.3 Å². The Labute approximate surface area is 115 Å². The van der Waals surface area contributed by atoms with E-state index < -0.39 is 5.54 Å². The molecular weight excluding hydrogens is 299 g/mol. The first-order valence-corrected chi connectivity index (χ1v) is 6.67. The summed E-state index contributed by atoms with van der Waals surface area (Å²) in [6.45, 7) is 3.93. The molecule has 5 heteroatoms. The normalized spacial score (nSPS) is 14.1. The van der Waals surface area contributed by atoms with Crippen LogP contribution in [-0.4, -0.2) is 11.4 Å². The Morgan fingerprint density at radius 3 is 2.83 bits per heavy atom. The number of hydrogen-bond donors (Lipinski definition) is 2. The first-order valence-electron chi connectivity index (χ1n) is 5.88. The molecule has 0 saturated heterocycles. The molecule has 0 spiro atoms. The molecule has 0 aliphatic rings. The van der Waals surface area contributed by atoms with E-state index in [0.717, 1.165) is 10.9 Å². The molecule has 3 N–H and O–H groups in total. The Morgan fingerprint density at radius 2 is 2.22 bits per heavy atom. The number of rotatable bonds is 5. The number of halogens is 2. The standard InChI is InChI=1S/C13H18BrFN2O/c1-3-6-13(2,16)12(18)17-8-9-7-10(15)4-5-11(9)14/h4-5,7H,3,6,8,16H2,1-2H3,(H,17,18). The average Bonchev–Trinajstić information content (AvgIpc) is 2.29. The van der Waals surface area contributed by atoms with E-state index in [4.69, 9.17) is 5.73 Å². The quantitative estimate of drug-likeness (QED) is 0.877. The molecule has 1 aromatic carbocycles. The van der Waals surface area contributed by atoms with Crippen molar-refractivity contribution in [2.45, 2.75) is 38.8 Å². The summed E-state index contributed by atoms with van der Waals surface area (Å²) in [6, 6.07) is 4.36. The Balaban J connectivity index is 2.65. The lowest BCUT2D eigenvalue weighted by atomic mass is 9.96. The minimum Gasteiger partial charge on any atom is -0.350 e. The number of amides is 1. The lowest BCUT2D eigenvalue weighted by Gasteiger charge is -2.23. The van der Waals surface area contributed by atoms with Crippen molar-refractivity contribution in [2.24, 2.45) is 5.73 Å². The van der Waals surface area contributed by atoms with Crippen molar-refractivity contribution in [3.05, 3.63) is 34.1 Å². The van der Waals surface area contributed by atoms with Crippen LogP contribution in [0.25, 0.3) is 0 Å². The first-order chi connectivity index (χ1) is 8.36. The van der Waals surface area contributed by atoms with Crippen molar-refractivity contribution in [2.75, 3.05) is 0 Å². The highest BCUT2D eigenvalue weighted by atomic mass is 79.9. The second kappa shape index (κ2) is 6.29. The zero-order chi connectivity index (χ0) is 13.8. The predicted molar refractivity (Wildman–Crippen MR) is 73.4 cm³/mol. The maximum Gasteiger partial charge on any atom is 0.240 e. The largest absolute Gasteiger partial charge is 0.350 e. The number of nitrogens with two attached hydrogens (primary N) is 1. The van der Waals surface area contributed by atoms with Gasteiger partial charge in [-0.1, -0.05) is 29.3 Å². The van der Waals surface area contributed by atoms with E-state index in [2.05, 4.69) is 21.2 Å². The lowest BCUT2D eigenvalue weighted by Crippen LogP contribution is -2.51. The molecule has 0 heterocycles. The van der Waals surface area contributed by atoms with Gasteiger partial charge in [-0.15, -0.1) is 0 Å². The third-order valence-corrected chi connectivity index (χ3v) is 3.51. The Hall–Kier alpha value is -0.940. The van der Waals surface area contributed by atoms with Gasteiger partial charge in [0.2, 0.25) is 5.91 Å². The number of hydrogen-bond acceptors (Lipinski definition) is 2. The average molecular weight is 317 g/mol. The van der Waals surface area contributed by atoms with Gasteiger partial charge >= 0.3 is 0 Å². The molecule has 0 fully saturated rings. The van der Waals surface area contributed by atoms with Gasteiger partial charge in [-0.3, -0.25) is 4.79 Å². The molecule has 0 bridgehead atoms. The fourth-order valence-corrected chi connectivity index (χ4v) is 2.08. The molecule has 1 atom stereocenters. The second-order valence-electron chi connectivity index (χ2n) is 4.59. The van der Waals surface area contributed by atoms with Crippen molar-refractivity contribution in [3.8, 4) is 0 Å². The van der Waals surface area contributed by atoms with Crippen LogP contribution in [0.3, 0.4) is 0 Å². The minimum absolute atomic E-state index is 0.222. The van der Waals surface area contributed by atoms with Gasteiger partial charge in [-0.25, -0.2) is 4.39 Å². The number of nitrogens with one attached hydrogen (secondary N) is 1. The molecule has 100 valence electrons. The van der Waals surface area contributed by atoms with E-state index in [1.807, 2.05) is 6.92 Å². The van der Waals surface area contributed by atoms with Gasteiger partial charge in [-0.2, -0.15) is 0 Å². The molecule has 18 heavy (non-hydrogen) atoms. The second-order valence-corrected chi connectivity index (χ2v) is 5.44. The van der Waals surface area contributed by atoms with Crippen molar-refractivity contribution in [1.82, 2.24) is 5.32 Å². The highest BCUT2D eigenvalue weighted by Gasteiger charge is 2.26. The summed E-state index contributed by atoms with van der Waals surface area (Å²) in [6.07, 6.45) is 1.45. The smallest absolute Gasteiger partial charge is 0.240 e. The molecule has 0 aliphatic carbocycles. The number of carbonyl (C=O) groups excluding carboxylic acids is 1. The van der Waals surface area contributed by atoms with Crippen LogP contribution in [0.4, 0.5) is 4.39 Å². The third kappa shape index (κ3) is 4.07. The summed E-state index contributed by atoms with van der Waals surface area (Å²) in [7, 11) is 0. The summed E-state index contributed by atoms with van der Waals surface area (Å²) in [5.41, 5.74) is 5.72. The molecule has 1 unspecified atom stereocenters. The molecule has 1 amide bonds. The lowest BCUT2D eigenvalue weighted by molar-refractivity contribution is -0.126. The number of benzene rings is 1. The molecule has 1 rings (SSSR count). The van der Waals surface area contributed by atoms with Gasteiger partial charge in [-0.05, 0) is 37.1 Å². The van der Waals surface area contributed by atoms with E-state index in [0.29, 0.717) is 12.0 Å². The molecule has 3 nitrogen and oxygen atoms in total. The number of carbonyl (C=O) groups is 1. The van der Waals surface area contributed by atoms with Gasteiger partial charge in [0.1, 0.15) is 5.82 Å². The van der Waals surface area contributed by atoms with E-state index in [9.17, 15) is 9.18 Å². The molecule has 0 radical (unpaired) electrons. The first kappa shape index (κ1) is 15.1. The van der Waals surface area contributed by atoms with Crippen LogP contribution in [0.2, 0.25) is 0 Å². The molecule has 1 aromatic rings. The van der Waals surface area contributed by atoms with Gasteiger partial charge in [0.25, 0.3) is 0 Å². The van der Waals surface area contributed by atoms with Crippen molar-refractivity contribution in [3.63, 3.8) is 0 Å². The fraction of sp³-hybridized carbons (Fsp3) is 0.462. The van der Waals surface area contributed by atoms with E-state index in [1.165, 1.54) is 12.1 Å². The van der Waals surface area contributed by atoms with Crippen LogP contribution >= 0.6 is 15.9 Å². The van der Waals surface area contributed by atoms with Crippen LogP contribution in [0.5, 0.6) is 0 Å². The minimum atomic E-state index is -0.880. The monoisotopic (exact) mass is 316 g/mol. The summed E-state index contributed by atoms with van der Waals surface area (Å²) in [5, 5.41) is 2.73. The van der Waals surface area contributed by atoms with Crippen molar-refractivity contribution in [1.29, 1.82) is 0 Å². The third-order valence-electron chi connectivity index (χ3n) is 2.74. The molecular formula is C13H18BrFN2O. The molecule has 0 aromatic heterocycles. The Bertz CT molecular complexity index is 435. The van der Waals surface area contributed by atoms with Crippen LogP contribution in [0.15, 0.2) is 22.7 Å². The fourth-order valence-electron chi connectivity index (χ4n) is 1.69. The van der Waals surface area contributed by atoms with E-state index >= 15 is 0 Å². The molecule has 0 aliphatic heterocycles. The summed E-state index contributed by atoms with van der Waals surface area (Å²) >= 11 is 3.31. The highest BCUT2D eigenvalue weighted by Crippen LogP contribution is 2.18. The zero-order valence-electron chi connectivity index (χ0n) is 10.6. The van der Waals surface area contributed by atoms with Crippen LogP contribution < -0.4 is 11.1 Å². The van der Waals surface area contributed by atoms with Gasteiger partial charge in [0.05, 0.1) is 5.54 Å². The topological polar surface area (TPSA) is 55.1 Å². The van der Waals surface area contributed by atoms with Crippen LogP contribution in [0, 0.1) is 5.82 Å². The maximum absolute atomic E-state index is 13.1. The van der Waals surface area contributed by atoms with E-state index in [1.54, 1.807) is 13.0 Å². The summed E-state index contributed by atoms with van der Waals surface area (Å²) in [4.78, 5) is 11.9. The van der Waals surface area contributed by atoms with Crippen molar-refractivity contribution >= 4 is 21.8 Å². The van der Waals surface area contributed by atoms with Crippen LogP contribution in [0.1, 0.15) is 32.3 Å². The van der Waals surface area contributed by atoms with Gasteiger partial charge in [0.15, 0.2) is 0 Å². The highest BCUT2D eigenvalue weighted by molar-refractivity contribution is 9.10. The summed E-state index contributed by atoms with van der Waals surface area (Å²) < 4.78 is 13.8. The SMILES string of the molecule is CCCC(C)(N)C(=O)NCc1cc(F)ccc1Br. The molecule has 0 saturated carbocycles. The summed E-state index contributed by atoms with van der Waals surface area (Å²) in [5.74, 6) is -0.549. The Morgan fingerprint density at radius 1 is 1.56 bits per heavy atom. The maximum atomic E-state index is 13.1. The Kier molecular flexibility index (Phi) is 5.28. The zero-order valence-corrected chi connectivity index (χ0v) is 12.2. The van der Waals surface area contributed by atoms with Gasteiger partial charge < -0.3 is 11.1 Å². The predicted octanol–water partition coefficient (Wildman–Crippen LogP) is 2.72. The van der Waals surface area contributed by atoms with Crippen LogP contribution in [-0.2, 0) is 11.3 Å². The van der Waals surface area contributed by atoms with Crippen molar-refractivity contribution < 1.29 is 9.18 Å². The van der Waals surface area contributed by atoms with Gasteiger partial charge in [0, 0.05) is 11.0 Å².